The Kier molecular flexibility index (Phi) is 1.54. The summed E-state index contributed by atoms with van der Waals surface area (Å²) in [5, 5.41) is 0. The third-order valence-corrected chi connectivity index (χ3v) is 5.12. The SMILES string of the molecule is C1CC(C2(C3CCC3)CCC2)C1. The third kappa shape index (κ3) is 0.791. The molecule has 3 aliphatic carbocycles. The molecule has 0 atom stereocenters. The number of hydrogen-bond donors (Lipinski definition) is 0. The van der Waals surface area contributed by atoms with Crippen molar-refractivity contribution in [1.82, 2.24) is 0 Å². The molecule has 0 aromatic rings. The van der Waals surface area contributed by atoms with Crippen molar-refractivity contribution in [2.75, 3.05) is 0 Å². The molecular weight excluding hydrogens is 144 g/mol. The molecule has 12 heavy (non-hydrogen) atoms. The minimum atomic E-state index is 0.913. The molecule has 0 aromatic heterocycles. The van der Waals surface area contributed by atoms with Gasteiger partial charge in [0.1, 0.15) is 0 Å². The lowest BCUT2D eigenvalue weighted by molar-refractivity contribution is -0.0823. The minimum Gasteiger partial charge on any atom is -0.0527 e. The molecule has 0 N–H and O–H groups in total. The molecule has 0 aromatic carbocycles. The fourth-order valence-corrected chi connectivity index (χ4v) is 3.70. The predicted octanol–water partition coefficient (Wildman–Crippen LogP) is 3.76. The first kappa shape index (κ1) is 7.41. The summed E-state index contributed by atoms with van der Waals surface area (Å²) in [6.07, 6.45) is 14.1. The maximum absolute atomic E-state index is 1.60. The van der Waals surface area contributed by atoms with E-state index in [2.05, 4.69) is 0 Å². The normalized spacial score (nSPS) is 35.0. The predicted molar refractivity (Wildman–Crippen MR) is 51.0 cm³/mol. The van der Waals surface area contributed by atoms with Crippen LogP contribution in [0.5, 0.6) is 0 Å². The highest BCUT2D eigenvalue weighted by atomic mass is 14.6. The van der Waals surface area contributed by atoms with Gasteiger partial charge in [0.25, 0.3) is 0 Å². The van der Waals surface area contributed by atoms with Gasteiger partial charge < -0.3 is 0 Å². The van der Waals surface area contributed by atoms with Crippen molar-refractivity contribution in [3.05, 3.63) is 0 Å². The van der Waals surface area contributed by atoms with E-state index in [1.165, 1.54) is 11.8 Å². The first-order valence-corrected chi connectivity index (χ1v) is 5.92. The largest absolute Gasteiger partial charge is 0.0527 e. The Morgan fingerprint density at radius 2 is 1.17 bits per heavy atom. The topological polar surface area (TPSA) is 0 Å². The van der Waals surface area contributed by atoms with Gasteiger partial charge in [-0.3, -0.25) is 0 Å². The molecule has 0 bridgehead atoms. The van der Waals surface area contributed by atoms with Crippen molar-refractivity contribution < 1.29 is 0 Å². The van der Waals surface area contributed by atoms with Crippen LogP contribution < -0.4 is 0 Å². The van der Waals surface area contributed by atoms with Crippen LogP contribution in [0.1, 0.15) is 57.8 Å². The second-order valence-corrected chi connectivity index (χ2v) is 5.34. The van der Waals surface area contributed by atoms with Gasteiger partial charge in [0.15, 0.2) is 0 Å². The molecule has 3 fully saturated rings. The minimum absolute atomic E-state index is 0.913. The van der Waals surface area contributed by atoms with Crippen molar-refractivity contribution in [2.45, 2.75) is 57.8 Å². The van der Waals surface area contributed by atoms with Gasteiger partial charge in [0.05, 0.1) is 0 Å². The van der Waals surface area contributed by atoms with E-state index in [0.717, 1.165) is 5.41 Å². The van der Waals surface area contributed by atoms with E-state index < -0.39 is 0 Å². The summed E-state index contributed by atoms with van der Waals surface area (Å²) < 4.78 is 0. The zero-order chi connectivity index (χ0) is 8.02. The highest BCUT2D eigenvalue weighted by Crippen LogP contribution is 2.62. The number of rotatable bonds is 2. The maximum Gasteiger partial charge on any atom is -0.0241 e. The van der Waals surface area contributed by atoms with Crippen molar-refractivity contribution >= 4 is 0 Å². The van der Waals surface area contributed by atoms with E-state index in [-0.39, 0.29) is 0 Å². The standard InChI is InChI=1S/C12H20/c1-4-10(5-1)12(8-3-9-12)11-6-2-7-11/h10-11H,1-9H2. The molecule has 0 nitrogen and oxygen atoms in total. The Balaban J connectivity index is 1.73. The lowest BCUT2D eigenvalue weighted by atomic mass is 9.46. The van der Waals surface area contributed by atoms with E-state index in [1.54, 1.807) is 57.8 Å². The molecule has 0 heteroatoms. The van der Waals surface area contributed by atoms with Gasteiger partial charge in [-0.25, -0.2) is 0 Å². The zero-order valence-electron chi connectivity index (χ0n) is 8.02. The first-order chi connectivity index (χ1) is 5.92. The summed E-state index contributed by atoms with van der Waals surface area (Å²) in [6, 6.07) is 0. The van der Waals surface area contributed by atoms with Crippen LogP contribution in [0.25, 0.3) is 0 Å². The highest BCUT2D eigenvalue weighted by Gasteiger charge is 2.52. The van der Waals surface area contributed by atoms with E-state index in [4.69, 9.17) is 0 Å². The second-order valence-electron chi connectivity index (χ2n) is 5.34. The second kappa shape index (κ2) is 2.49. The van der Waals surface area contributed by atoms with Crippen LogP contribution in [0, 0.1) is 17.3 Å². The van der Waals surface area contributed by atoms with Crippen LogP contribution in [0.15, 0.2) is 0 Å². The van der Waals surface area contributed by atoms with Gasteiger partial charge in [-0.2, -0.15) is 0 Å². The molecule has 3 saturated carbocycles. The van der Waals surface area contributed by atoms with E-state index in [9.17, 15) is 0 Å². The molecule has 68 valence electrons. The van der Waals surface area contributed by atoms with Gasteiger partial charge in [0.2, 0.25) is 0 Å². The average Bonchev–Trinajstić information content (AvgIpc) is 1.73. The highest BCUT2D eigenvalue weighted by molar-refractivity contribution is 5.02. The maximum atomic E-state index is 1.60. The fraction of sp³-hybridized carbons (Fsp3) is 1.00. The van der Waals surface area contributed by atoms with Gasteiger partial charge in [0, 0.05) is 0 Å². The van der Waals surface area contributed by atoms with Crippen molar-refractivity contribution in [3.8, 4) is 0 Å². The van der Waals surface area contributed by atoms with E-state index in [1.807, 2.05) is 0 Å². The Morgan fingerprint density at radius 1 is 0.667 bits per heavy atom. The molecule has 0 unspecified atom stereocenters. The summed E-state index contributed by atoms with van der Waals surface area (Å²) in [5.74, 6) is 2.35. The summed E-state index contributed by atoms with van der Waals surface area (Å²) >= 11 is 0. The zero-order valence-corrected chi connectivity index (χ0v) is 8.02. The van der Waals surface area contributed by atoms with Crippen LogP contribution in [0.2, 0.25) is 0 Å². The Bertz CT molecular complexity index is 154. The quantitative estimate of drug-likeness (QED) is 0.583. The molecule has 3 aliphatic rings. The summed E-state index contributed by atoms with van der Waals surface area (Å²) in [5.41, 5.74) is 0.913. The molecule has 0 spiro atoms. The van der Waals surface area contributed by atoms with E-state index in [0.29, 0.717) is 0 Å². The van der Waals surface area contributed by atoms with Crippen LogP contribution in [-0.2, 0) is 0 Å². The van der Waals surface area contributed by atoms with Crippen molar-refractivity contribution in [1.29, 1.82) is 0 Å². The smallest absolute Gasteiger partial charge is 0.0241 e. The van der Waals surface area contributed by atoms with Crippen LogP contribution in [0.3, 0.4) is 0 Å². The Morgan fingerprint density at radius 3 is 1.33 bits per heavy atom. The summed E-state index contributed by atoms with van der Waals surface area (Å²) in [7, 11) is 0. The Labute approximate surface area is 75.7 Å². The summed E-state index contributed by atoms with van der Waals surface area (Å²) in [6.45, 7) is 0. The monoisotopic (exact) mass is 164 g/mol. The molecule has 0 amide bonds. The van der Waals surface area contributed by atoms with Gasteiger partial charge in [-0.15, -0.1) is 0 Å². The van der Waals surface area contributed by atoms with Gasteiger partial charge in [-0.1, -0.05) is 19.3 Å². The summed E-state index contributed by atoms with van der Waals surface area (Å²) in [4.78, 5) is 0. The van der Waals surface area contributed by atoms with Crippen LogP contribution in [-0.4, -0.2) is 0 Å². The molecular formula is C12H20. The van der Waals surface area contributed by atoms with Crippen LogP contribution >= 0.6 is 0 Å². The van der Waals surface area contributed by atoms with Gasteiger partial charge >= 0.3 is 0 Å². The third-order valence-electron chi connectivity index (χ3n) is 5.12. The molecule has 0 aliphatic heterocycles. The Hall–Kier alpha value is 0. The lowest BCUT2D eigenvalue weighted by Crippen LogP contribution is -2.48. The van der Waals surface area contributed by atoms with Gasteiger partial charge in [-0.05, 0) is 55.8 Å². The molecule has 0 saturated heterocycles. The van der Waals surface area contributed by atoms with Crippen molar-refractivity contribution in [2.24, 2.45) is 17.3 Å². The molecule has 3 rings (SSSR count). The molecule has 0 radical (unpaired) electrons. The average molecular weight is 164 g/mol. The molecule has 0 heterocycles. The van der Waals surface area contributed by atoms with E-state index >= 15 is 0 Å². The fourth-order valence-electron chi connectivity index (χ4n) is 3.70. The van der Waals surface area contributed by atoms with Crippen LogP contribution in [0.4, 0.5) is 0 Å². The first-order valence-electron chi connectivity index (χ1n) is 5.92. The number of hydrogen-bond acceptors (Lipinski definition) is 0. The van der Waals surface area contributed by atoms with Crippen molar-refractivity contribution in [3.63, 3.8) is 0 Å². The lowest BCUT2D eigenvalue weighted by Gasteiger charge is -2.59.